The van der Waals surface area contributed by atoms with Crippen LogP contribution in [0.1, 0.15) is 12.8 Å². The number of para-hydroxylation sites is 1. The summed E-state index contributed by atoms with van der Waals surface area (Å²) in [6.45, 7) is 3.54. The maximum absolute atomic E-state index is 13.1. The lowest BCUT2D eigenvalue weighted by atomic mass is 9.96. The number of carbonyl (C=O) groups excluding carboxylic acids is 1. The lowest BCUT2D eigenvalue weighted by Gasteiger charge is -2.38. The number of aromatic nitrogens is 1. The summed E-state index contributed by atoms with van der Waals surface area (Å²) in [7, 11) is -3.44. The SMILES string of the molecule is O=C(C1CCN(S(=O)(=O)c2cccs2)CC1)N1CCN(c2nc3c(Cl)cccc3s2)CC1. The van der Waals surface area contributed by atoms with Crippen molar-refractivity contribution < 1.29 is 13.2 Å². The molecule has 7 nitrogen and oxygen atoms in total. The number of thiophene rings is 1. The Morgan fingerprint density at radius 2 is 1.78 bits per heavy atom. The van der Waals surface area contributed by atoms with Crippen molar-refractivity contribution in [3.63, 3.8) is 0 Å². The van der Waals surface area contributed by atoms with Gasteiger partial charge in [0.05, 0.1) is 9.72 Å². The third-order valence-electron chi connectivity index (χ3n) is 6.11. The molecule has 1 aromatic carbocycles. The van der Waals surface area contributed by atoms with Crippen molar-refractivity contribution >= 4 is 65.6 Å². The van der Waals surface area contributed by atoms with Crippen molar-refractivity contribution in [3.8, 4) is 0 Å². The normalized spacial score (nSPS) is 19.0. The van der Waals surface area contributed by atoms with Gasteiger partial charge in [-0.2, -0.15) is 4.31 Å². The van der Waals surface area contributed by atoms with Crippen LogP contribution < -0.4 is 4.90 Å². The fraction of sp³-hybridized carbons (Fsp3) is 0.429. The molecule has 2 aromatic heterocycles. The summed E-state index contributed by atoms with van der Waals surface area (Å²) in [6, 6.07) is 9.18. The number of piperazine rings is 1. The predicted octanol–water partition coefficient (Wildman–Crippen LogP) is 3.76. The molecule has 0 unspecified atom stereocenters. The number of hydrogen-bond acceptors (Lipinski definition) is 7. The predicted molar refractivity (Wildman–Crippen MR) is 129 cm³/mol. The Balaban J connectivity index is 1.17. The lowest BCUT2D eigenvalue weighted by molar-refractivity contribution is -0.137. The number of benzene rings is 1. The number of halogens is 1. The molecule has 3 aromatic rings. The molecule has 0 spiro atoms. The third kappa shape index (κ3) is 4.14. The molecule has 2 saturated heterocycles. The second-order valence-electron chi connectivity index (χ2n) is 8.01. The van der Waals surface area contributed by atoms with E-state index >= 15 is 0 Å². The minimum absolute atomic E-state index is 0.113. The van der Waals surface area contributed by atoms with Crippen LogP contribution in [0.25, 0.3) is 10.2 Å². The standard InChI is InChI=1S/C21H23ClN4O3S3/c22-16-3-1-4-17-19(16)23-21(31-17)25-12-10-24(11-13-25)20(27)15-6-8-26(9-7-15)32(28,29)18-5-2-14-30-18/h1-5,14-15H,6-13H2. The van der Waals surface area contributed by atoms with Crippen LogP contribution in [0.4, 0.5) is 5.13 Å². The quantitative estimate of drug-likeness (QED) is 0.534. The molecule has 0 atom stereocenters. The van der Waals surface area contributed by atoms with Crippen LogP contribution in [0.3, 0.4) is 0 Å². The number of carbonyl (C=O) groups is 1. The first kappa shape index (κ1) is 22.1. The van der Waals surface area contributed by atoms with E-state index in [-0.39, 0.29) is 11.8 Å². The zero-order valence-corrected chi connectivity index (χ0v) is 20.5. The van der Waals surface area contributed by atoms with Gasteiger partial charge in [-0.1, -0.05) is 35.1 Å². The third-order valence-corrected chi connectivity index (χ3v) is 10.8. The molecule has 11 heteroatoms. The molecule has 2 fully saturated rings. The number of anilines is 1. The number of sulfonamides is 1. The van der Waals surface area contributed by atoms with Gasteiger partial charge in [-0.05, 0) is 36.4 Å². The van der Waals surface area contributed by atoms with E-state index in [0.29, 0.717) is 48.3 Å². The molecule has 170 valence electrons. The van der Waals surface area contributed by atoms with Crippen molar-refractivity contribution in [2.45, 2.75) is 17.1 Å². The molecule has 2 aliphatic heterocycles. The van der Waals surface area contributed by atoms with E-state index in [1.165, 1.54) is 15.6 Å². The fourth-order valence-electron chi connectivity index (χ4n) is 4.30. The van der Waals surface area contributed by atoms with Gasteiger partial charge < -0.3 is 9.80 Å². The average molecular weight is 511 g/mol. The van der Waals surface area contributed by atoms with Gasteiger partial charge in [0.1, 0.15) is 9.73 Å². The van der Waals surface area contributed by atoms with Crippen molar-refractivity contribution in [2.24, 2.45) is 5.92 Å². The summed E-state index contributed by atoms with van der Waals surface area (Å²) < 4.78 is 28.4. The summed E-state index contributed by atoms with van der Waals surface area (Å²) >= 11 is 9.11. The number of hydrogen-bond donors (Lipinski definition) is 0. The molecule has 2 aliphatic rings. The molecule has 0 bridgehead atoms. The Morgan fingerprint density at radius 1 is 1.03 bits per heavy atom. The average Bonchev–Trinajstić information content (AvgIpc) is 3.50. The zero-order chi connectivity index (χ0) is 22.3. The molecular weight excluding hydrogens is 488 g/mol. The molecular formula is C21H23ClN4O3S3. The summed E-state index contributed by atoms with van der Waals surface area (Å²) in [5.74, 6) is 0.0303. The van der Waals surface area contributed by atoms with Gasteiger partial charge in [-0.3, -0.25) is 4.79 Å². The smallest absolute Gasteiger partial charge is 0.252 e. The van der Waals surface area contributed by atoms with Crippen molar-refractivity contribution in [1.29, 1.82) is 0 Å². The highest BCUT2D eigenvalue weighted by Gasteiger charge is 2.35. The minimum Gasteiger partial charge on any atom is -0.345 e. The van der Waals surface area contributed by atoms with E-state index in [2.05, 4.69) is 4.90 Å². The van der Waals surface area contributed by atoms with Crippen LogP contribution >= 0.6 is 34.3 Å². The molecule has 0 saturated carbocycles. The monoisotopic (exact) mass is 510 g/mol. The number of fused-ring (bicyclic) bond motifs is 1. The van der Waals surface area contributed by atoms with E-state index in [1.54, 1.807) is 28.8 Å². The Labute approximate surface area is 200 Å². The van der Waals surface area contributed by atoms with Crippen LogP contribution in [-0.4, -0.2) is 67.8 Å². The van der Waals surface area contributed by atoms with E-state index in [4.69, 9.17) is 16.6 Å². The zero-order valence-electron chi connectivity index (χ0n) is 17.3. The number of amides is 1. The molecule has 0 aliphatic carbocycles. The van der Waals surface area contributed by atoms with Gasteiger partial charge in [0.25, 0.3) is 10.0 Å². The Morgan fingerprint density at radius 3 is 2.44 bits per heavy atom. The molecule has 4 heterocycles. The minimum atomic E-state index is -3.44. The van der Waals surface area contributed by atoms with Crippen LogP contribution in [0.2, 0.25) is 5.02 Å². The first-order chi connectivity index (χ1) is 15.4. The molecule has 32 heavy (non-hydrogen) atoms. The lowest BCUT2D eigenvalue weighted by Crippen LogP contribution is -2.52. The number of thiazole rings is 1. The summed E-state index contributed by atoms with van der Waals surface area (Å²) in [5, 5.41) is 3.37. The molecule has 0 radical (unpaired) electrons. The highest BCUT2D eigenvalue weighted by atomic mass is 35.5. The van der Waals surface area contributed by atoms with Crippen molar-refractivity contribution in [2.75, 3.05) is 44.2 Å². The van der Waals surface area contributed by atoms with Crippen molar-refractivity contribution in [1.82, 2.24) is 14.2 Å². The topological polar surface area (TPSA) is 73.8 Å². The molecule has 5 rings (SSSR count). The van der Waals surface area contributed by atoms with Gasteiger partial charge in [-0.25, -0.2) is 13.4 Å². The second-order valence-corrected chi connectivity index (χ2v) is 12.5. The van der Waals surface area contributed by atoms with Crippen LogP contribution in [0, 0.1) is 5.92 Å². The fourth-order valence-corrected chi connectivity index (χ4v) is 8.23. The summed E-state index contributed by atoms with van der Waals surface area (Å²) in [5.41, 5.74) is 0.830. The van der Waals surface area contributed by atoms with Gasteiger partial charge in [0.2, 0.25) is 5.91 Å². The van der Waals surface area contributed by atoms with Crippen LogP contribution in [-0.2, 0) is 14.8 Å². The van der Waals surface area contributed by atoms with Crippen LogP contribution in [0.15, 0.2) is 39.9 Å². The summed E-state index contributed by atoms with van der Waals surface area (Å²) in [6.07, 6.45) is 1.14. The van der Waals surface area contributed by atoms with Gasteiger partial charge in [-0.15, -0.1) is 11.3 Å². The van der Waals surface area contributed by atoms with Gasteiger partial charge >= 0.3 is 0 Å². The highest BCUT2D eigenvalue weighted by Crippen LogP contribution is 2.33. The molecule has 1 amide bonds. The summed E-state index contributed by atoms with van der Waals surface area (Å²) in [4.78, 5) is 21.9. The first-order valence-electron chi connectivity index (χ1n) is 10.6. The highest BCUT2D eigenvalue weighted by molar-refractivity contribution is 7.91. The van der Waals surface area contributed by atoms with Crippen molar-refractivity contribution in [3.05, 3.63) is 40.7 Å². The first-order valence-corrected chi connectivity index (χ1v) is 14.1. The number of rotatable bonds is 4. The second kappa shape index (κ2) is 8.90. The van der Waals surface area contributed by atoms with Gasteiger partial charge in [0, 0.05) is 45.2 Å². The van der Waals surface area contributed by atoms with E-state index in [1.807, 2.05) is 23.1 Å². The van der Waals surface area contributed by atoms with Gasteiger partial charge in [0.15, 0.2) is 5.13 Å². The maximum Gasteiger partial charge on any atom is 0.252 e. The Bertz CT molecular complexity index is 1210. The van der Waals surface area contributed by atoms with Crippen LogP contribution in [0.5, 0.6) is 0 Å². The largest absolute Gasteiger partial charge is 0.345 e. The maximum atomic E-state index is 13.1. The Hall–Kier alpha value is -1.72. The van der Waals surface area contributed by atoms with E-state index in [9.17, 15) is 13.2 Å². The van der Waals surface area contributed by atoms with E-state index in [0.717, 1.165) is 28.4 Å². The number of piperidine rings is 1. The number of nitrogens with zero attached hydrogens (tertiary/aromatic N) is 4. The van der Waals surface area contributed by atoms with E-state index < -0.39 is 10.0 Å². The molecule has 0 N–H and O–H groups in total. The Kier molecular flexibility index (Phi) is 6.15.